The van der Waals surface area contributed by atoms with Crippen LogP contribution in [0.15, 0.2) is 18.3 Å². The minimum absolute atomic E-state index is 0.574. The molecule has 3 N–H and O–H groups in total. The fourth-order valence-electron chi connectivity index (χ4n) is 0.932. The first-order chi connectivity index (χ1) is 6.09. The van der Waals surface area contributed by atoms with Gasteiger partial charge in [0, 0.05) is 6.08 Å². The Balaban J connectivity index is 2.96. The molecular weight excluding hydrogens is 168 g/mol. The summed E-state index contributed by atoms with van der Waals surface area (Å²) in [6, 6.07) is 1.74. The van der Waals surface area contributed by atoms with Crippen molar-refractivity contribution in [2.24, 2.45) is 0 Å². The number of aliphatic carboxylic acids is 1. The number of rotatable bonds is 2. The van der Waals surface area contributed by atoms with E-state index >= 15 is 0 Å². The molecule has 0 aromatic carbocycles. The smallest absolute Gasteiger partial charge is 0.328 e. The lowest BCUT2D eigenvalue weighted by atomic mass is 10.2. The number of hydrogen-bond acceptors (Lipinski definition) is 3. The summed E-state index contributed by atoms with van der Waals surface area (Å²) in [5.41, 5.74) is 7.54. The zero-order chi connectivity index (χ0) is 9.84. The number of hydrogen-bond donors (Lipinski definition) is 2. The first-order valence-electron chi connectivity index (χ1n) is 3.72. The summed E-state index contributed by atoms with van der Waals surface area (Å²) >= 11 is 0. The van der Waals surface area contributed by atoms with Crippen LogP contribution in [0.4, 0.5) is 5.69 Å². The van der Waals surface area contributed by atoms with Crippen LogP contribution in [0, 0.1) is 6.92 Å². The predicted molar refractivity (Wildman–Crippen MR) is 50.1 cm³/mol. The molecule has 1 heterocycles. The normalized spacial score (nSPS) is 10.5. The first-order valence-corrected chi connectivity index (χ1v) is 3.72. The van der Waals surface area contributed by atoms with E-state index in [1.807, 2.05) is 6.92 Å². The molecule has 0 spiro atoms. The highest BCUT2D eigenvalue weighted by Gasteiger charge is 1.96. The fourth-order valence-corrected chi connectivity index (χ4v) is 0.932. The molecule has 1 aromatic rings. The number of nitrogen functional groups attached to an aromatic ring is 1. The Morgan fingerprint density at radius 1 is 1.69 bits per heavy atom. The minimum Gasteiger partial charge on any atom is -0.478 e. The van der Waals surface area contributed by atoms with E-state index in [2.05, 4.69) is 4.98 Å². The van der Waals surface area contributed by atoms with Gasteiger partial charge in [0.25, 0.3) is 0 Å². The summed E-state index contributed by atoms with van der Waals surface area (Å²) in [6.45, 7) is 1.82. The third-order valence-corrected chi connectivity index (χ3v) is 1.52. The molecule has 0 saturated carbocycles. The maximum absolute atomic E-state index is 10.2. The quantitative estimate of drug-likeness (QED) is 0.664. The molecule has 13 heavy (non-hydrogen) atoms. The monoisotopic (exact) mass is 178 g/mol. The van der Waals surface area contributed by atoms with Gasteiger partial charge in [0.15, 0.2) is 0 Å². The van der Waals surface area contributed by atoms with Crippen LogP contribution in [-0.2, 0) is 4.79 Å². The molecular formula is C9H10N2O2. The molecule has 4 heteroatoms. The van der Waals surface area contributed by atoms with Gasteiger partial charge in [0.05, 0.1) is 17.6 Å². The third-order valence-electron chi connectivity index (χ3n) is 1.52. The van der Waals surface area contributed by atoms with Crippen LogP contribution >= 0.6 is 0 Å². The summed E-state index contributed by atoms with van der Waals surface area (Å²) in [5, 5.41) is 8.38. The van der Waals surface area contributed by atoms with Gasteiger partial charge in [-0.05, 0) is 24.6 Å². The number of carboxylic acid groups (broad SMARTS) is 1. The lowest BCUT2D eigenvalue weighted by Crippen LogP contribution is -1.93. The van der Waals surface area contributed by atoms with Crippen LogP contribution in [-0.4, -0.2) is 16.1 Å². The summed E-state index contributed by atoms with van der Waals surface area (Å²) in [6.07, 6.45) is 3.98. The summed E-state index contributed by atoms with van der Waals surface area (Å²) < 4.78 is 0. The number of aromatic nitrogens is 1. The van der Waals surface area contributed by atoms with Gasteiger partial charge in [-0.25, -0.2) is 4.79 Å². The molecule has 0 aliphatic carbocycles. The Hall–Kier alpha value is -1.84. The van der Waals surface area contributed by atoms with E-state index in [4.69, 9.17) is 10.8 Å². The van der Waals surface area contributed by atoms with Gasteiger partial charge in [-0.1, -0.05) is 0 Å². The Kier molecular flexibility index (Phi) is 2.64. The highest BCUT2D eigenvalue weighted by molar-refractivity contribution is 5.85. The molecule has 68 valence electrons. The van der Waals surface area contributed by atoms with Crippen LogP contribution in [0.1, 0.15) is 11.3 Å². The standard InChI is InChI=1S/C9H10N2O2/c1-6-4-7(10)5-11-8(6)2-3-9(12)13/h2-5H,10H2,1H3,(H,12,13). The Morgan fingerprint density at radius 3 is 2.92 bits per heavy atom. The molecule has 0 aliphatic rings. The minimum atomic E-state index is -0.988. The summed E-state index contributed by atoms with van der Waals surface area (Å²) in [5.74, 6) is -0.988. The maximum Gasteiger partial charge on any atom is 0.328 e. The van der Waals surface area contributed by atoms with Crippen LogP contribution in [0.3, 0.4) is 0 Å². The lowest BCUT2D eigenvalue weighted by Gasteiger charge is -1.99. The second-order valence-electron chi connectivity index (χ2n) is 2.64. The molecule has 0 radical (unpaired) electrons. The van der Waals surface area contributed by atoms with Crippen molar-refractivity contribution < 1.29 is 9.90 Å². The van der Waals surface area contributed by atoms with Crippen molar-refractivity contribution in [2.75, 3.05) is 5.73 Å². The van der Waals surface area contributed by atoms with Crippen molar-refractivity contribution in [1.29, 1.82) is 0 Å². The van der Waals surface area contributed by atoms with Gasteiger partial charge in [-0.2, -0.15) is 0 Å². The Bertz CT molecular complexity index is 359. The number of anilines is 1. The van der Waals surface area contributed by atoms with E-state index < -0.39 is 5.97 Å². The average molecular weight is 178 g/mol. The number of carbonyl (C=O) groups is 1. The maximum atomic E-state index is 10.2. The Labute approximate surface area is 75.7 Å². The van der Waals surface area contributed by atoms with Crippen LogP contribution in [0.5, 0.6) is 0 Å². The summed E-state index contributed by atoms with van der Waals surface area (Å²) in [7, 11) is 0. The molecule has 0 saturated heterocycles. The number of aryl methyl sites for hydroxylation is 1. The zero-order valence-electron chi connectivity index (χ0n) is 7.19. The zero-order valence-corrected chi connectivity index (χ0v) is 7.19. The van der Waals surface area contributed by atoms with Gasteiger partial charge < -0.3 is 10.8 Å². The van der Waals surface area contributed by atoms with Crippen molar-refractivity contribution in [2.45, 2.75) is 6.92 Å². The summed E-state index contributed by atoms with van der Waals surface area (Å²) in [4.78, 5) is 14.2. The number of pyridine rings is 1. The van der Waals surface area contributed by atoms with E-state index in [1.54, 1.807) is 6.07 Å². The van der Waals surface area contributed by atoms with Gasteiger partial charge in [-0.3, -0.25) is 4.98 Å². The van der Waals surface area contributed by atoms with Crippen LogP contribution < -0.4 is 5.73 Å². The van der Waals surface area contributed by atoms with Gasteiger partial charge in [-0.15, -0.1) is 0 Å². The molecule has 0 amide bonds. The van der Waals surface area contributed by atoms with Crippen LogP contribution in [0.25, 0.3) is 6.08 Å². The number of carboxylic acids is 1. The number of nitrogens with zero attached hydrogens (tertiary/aromatic N) is 1. The van der Waals surface area contributed by atoms with Crippen LogP contribution in [0.2, 0.25) is 0 Å². The van der Waals surface area contributed by atoms with Gasteiger partial charge in [0.2, 0.25) is 0 Å². The van der Waals surface area contributed by atoms with Crippen molar-refractivity contribution in [3.63, 3.8) is 0 Å². The molecule has 0 fully saturated rings. The number of nitrogens with two attached hydrogens (primary N) is 1. The Morgan fingerprint density at radius 2 is 2.38 bits per heavy atom. The second kappa shape index (κ2) is 3.71. The van der Waals surface area contributed by atoms with Crippen molar-refractivity contribution in [3.05, 3.63) is 29.6 Å². The van der Waals surface area contributed by atoms with Crippen molar-refractivity contribution in [3.8, 4) is 0 Å². The molecule has 1 aromatic heterocycles. The molecule has 4 nitrogen and oxygen atoms in total. The second-order valence-corrected chi connectivity index (χ2v) is 2.64. The van der Waals surface area contributed by atoms with Gasteiger partial charge >= 0.3 is 5.97 Å². The van der Waals surface area contributed by atoms with E-state index in [9.17, 15) is 4.79 Å². The van der Waals surface area contributed by atoms with Crippen molar-refractivity contribution in [1.82, 2.24) is 4.98 Å². The average Bonchev–Trinajstić information content (AvgIpc) is 2.02. The topological polar surface area (TPSA) is 76.2 Å². The first kappa shape index (κ1) is 9.25. The molecule has 0 aliphatic heterocycles. The molecule has 1 rings (SSSR count). The highest BCUT2D eigenvalue weighted by atomic mass is 16.4. The lowest BCUT2D eigenvalue weighted by molar-refractivity contribution is -0.131. The molecule has 0 unspecified atom stereocenters. The largest absolute Gasteiger partial charge is 0.478 e. The molecule has 0 bridgehead atoms. The van der Waals surface area contributed by atoms with Gasteiger partial charge in [0.1, 0.15) is 0 Å². The third kappa shape index (κ3) is 2.59. The van der Waals surface area contributed by atoms with E-state index in [1.165, 1.54) is 12.3 Å². The highest BCUT2D eigenvalue weighted by Crippen LogP contribution is 2.09. The SMILES string of the molecule is Cc1cc(N)cnc1C=CC(=O)O. The van der Waals surface area contributed by atoms with Crippen molar-refractivity contribution >= 4 is 17.7 Å². The predicted octanol–water partition coefficient (Wildman–Crippen LogP) is 1.07. The van der Waals surface area contributed by atoms with E-state index in [0.29, 0.717) is 11.4 Å². The van der Waals surface area contributed by atoms with E-state index in [-0.39, 0.29) is 0 Å². The van der Waals surface area contributed by atoms with E-state index in [0.717, 1.165) is 11.6 Å². The fraction of sp³-hybridized carbons (Fsp3) is 0.111. The molecule has 0 atom stereocenters.